The summed E-state index contributed by atoms with van der Waals surface area (Å²) >= 11 is 17.6. The fourth-order valence-electron chi connectivity index (χ4n) is 1.80. The molecule has 0 aromatic heterocycles. The third-order valence-corrected chi connectivity index (χ3v) is 5.39. The van der Waals surface area contributed by atoms with Crippen molar-refractivity contribution in [3.8, 4) is 0 Å². The summed E-state index contributed by atoms with van der Waals surface area (Å²) in [4.78, 5) is -0.0440. The van der Waals surface area contributed by atoms with Crippen LogP contribution in [0.25, 0.3) is 0 Å². The van der Waals surface area contributed by atoms with Crippen LogP contribution in [0.3, 0.4) is 0 Å². The fourth-order valence-corrected chi connectivity index (χ4v) is 3.92. The van der Waals surface area contributed by atoms with Crippen LogP contribution in [0.5, 0.6) is 0 Å². The summed E-state index contributed by atoms with van der Waals surface area (Å²) in [5.74, 6) is 0. The average Bonchev–Trinajstić information content (AvgIpc) is 2.41. The summed E-state index contributed by atoms with van der Waals surface area (Å²) < 4.78 is 27.3. The first-order chi connectivity index (χ1) is 9.79. The van der Waals surface area contributed by atoms with Crippen molar-refractivity contribution in [1.82, 2.24) is 4.72 Å². The molecule has 1 N–H and O–H groups in total. The van der Waals surface area contributed by atoms with Gasteiger partial charge in [0, 0.05) is 16.1 Å². The lowest BCUT2D eigenvalue weighted by Gasteiger charge is -2.15. The number of sulfonamides is 1. The molecule has 0 saturated carbocycles. The molecule has 2 aromatic carbocycles. The number of hydrogen-bond acceptors (Lipinski definition) is 2. The van der Waals surface area contributed by atoms with Crippen LogP contribution in [-0.2, 0) is 10.0 Å². The Labute approximate surface area is 138 Å². The molecule has 0 radical (unpaired) electrons. The van der Waals surface area contributed by atoms with Crippen molar-refractivity contribution in [2.45, 2.75) is 17.9 Å². The highest BCUT2D eigenvalue weighted by molar-refractivity contribution is 7.89. The van der Waals surface area contributed by atoms with Gasteiger partial charge in [0.15, 0.2) is 0 Å². The molecule has 0 unspecified atom stereocenters. The minimum absolute atomic E-state index is 0.0440. The van der Waals surface area contributed by atoms with E-state index in [1.165, 1.54) is 18.2 Å². The predicted molar refractivity (Wildman–Crippen MR) is 86.7 cm³/mol. The number of hydrogen-bond donors (Lipinski definition) is 1. The number of benzene rings is 2. The van der Waals surface area contributed by atoms with Crippen molar-refractivity contribution in [2.75, 3.05) is 0 Å². The molecule has 0 saturated heterocycles. The predicted octanol–water partition coefficient (Wildman–Crippen LogP) is 4.69. The first-order valence-corrected chi connectivity index (χ1v) is 8.64. The Hall–Kier alpha value is -0.780. The summed E-state index contributed by atoms with van der Waals surface area (Å²) in [5.41, 5.74) is 0.793. The molecule has 3 nitrogen and oxygen atoms in total. The Kier molecular flexibility index (Phi) is 5.17. The SMILES string of the molecule is C[C@H](NS(=O)(=O)c1cc(Cl)ccc1Cl)c1ccc(Cl)cc1. The Morgan fingerprint density at radius 1 is 0.952 bits per heavy atom. The van der Waals surface area contributed by atoms with Crippen LogP contribution in [0.1, 0.15) is 18.5 Å². The van der Waals surface area contributed by atoms with E-state index in [1.807, 2.05) is 0 Å². The number of rotatable bonds is 4. The minimum Gasteiger partial charge on any atom is -0.207 e. The number of halogens is 3. The van der Waals surface area contributed by atoms with Crippen LogP contribution in [0.4, 0.5) is 0 Å². The molecule has 112 valence electrons. The molecule has 1 atom stereocenters. The van der Waals surface area contributed by atoms with Gasteiger partial charge < -0.3 is 0 Å². The maximum Gasteiger partial charge on any atom is 0.242 e. The smallest absolute Gasteiger partial charge is 0.207 e. The summed E-state index contributed by atoms with van der Waals surface area (Å²) in [5, 5.41) is 1.01. The van der Waals surface area contributed by atoms with Crippen LogP contribution < -0.4 is 4.72 Å². The highest BCUT2D eigenvalue weighted by Crippen LogP contribution is 2.26. The van der Waals surface area contributed by atoms with E-state index in [4.69, 9.17) is 34.8 Å². The summed E-state index contributed by atoms with van der Waals surface area (Å²) in [6.45, 7) is 1.74. The Bertz CT molecular complexity index is 745. The van der Waals surface area contributed by atoms with Crippen molar-refractivity contribution < 1.29 is 8.42 Å². The van der Waals surface area contributed by atoms with Gasteiger partial charge in [-0.05, 0) is 42.8 Å². The lowest BCUT2D eigenvalue weighted by molar-refractivity contribution is 0.567. The van der Waals surface area contributed by atoms with Crippen LogP contribution >= 0.6 is 34.8 Å². The molecule has 21 heavy (non-hydrogen) atoms. The van der Waals surface area contributed by atoms with Crippen molar-refractivity contribution in [2.24, 2.45) is 0 Å². The molecule has 0 bridgehead atoms. The third kappa shape index (κ3) is 4.11. The normalized spacial score (nSPS) is 13.1. The van der Waals surface area contributed by atoms with Gasteiger partial charge in [-0.3, -0.25) is 0 Å². The van der Waals surface area contributed by atoms with Crippen molar-refractivity contribution in [1.29, 1.82) is 0 Å². The van der Waals surface area contributed by atoms with Gasteiger partial charge in [-0.1, -0.05) is 46.9 Å². The monoisotopic (exact) mass is 363 g/mol. The van der Waals surface area contributed by atoms with Gasteiger partial charge in [0.1, 0.15) is 4.90 Å². The Morgan fingerprint density at radius 3 is 2.14 bits per heavy atom. The molecule has 2 aromatic rings. The largest absolute Gasteiger partial charge is 0.242 e. The minimum atomic E-state index is -3.77. The van der Waals surface area contributed by atoms with Crippen LogP contribution in [0.15, 0.2) is 47.4 Å². The van der Waals surface area contributed by atoms with E-state index >= 15 is 0 Å². The second kappa shape index (κ2) is 6.55. The quantitative estimate of drug-likeness (QED) is 0.855. The fraction of sp³-hybridized carbons (Fsp3) is 0.143. The van der Waals surface area contributed by atoms with E-state index < -0.39 is 16.1 Å². The van der Waals surface area contributed by atoms with Gasteiger partial charge in [-0.25, -0.2) is 13.1 Å². The Morgan fingerprint density at radius 2 is 1.52 bits per heavy atom. The average molecular weight is 365 g/mol. The zero-order valence-corrected chi connectivity index (χ0v) is 14.1. The summed E-state index contributed by atoms with van der Waals surface area (Å²) in [6.07, 6.45) is 0. The summed E-state index contributed by atoms with van der Waals surface area (Å²) in [7, 11) is -3.77. The molecule has 0 aliphatic heterocycles. The first-order valence-electron chi connectivity index (χ1n) is 6.02. The van der Waals surface area contributed by atoms with Gasteiger partial charge in [0.25, 0.3) is 0 Å². The second-order valence-electron chi connectivity index (χ2n) is 4.47. The van der Waals surface area contributed by atoms with Crippen LogP contribution in [0, 0.1) is 0 Å². The maximum atomic E-state index is 12.4. The highest BCUT2D eigenvalue weighted by atomic mass is 35.5. The van der Waals surface area contributed by atoms with E-state index in [0.29, 0.717) is 10.0 Å². The van der Waals surface area contributed by atoms with Crippen molar-refractivity contribution >= 4 is 44.8 Å². The molecule has 2 rings (SSSR count). The zero-order valence-electron chi connectivity index (χ0n) is 11.0. The van der Waals surface area contributed by atoms with Gasteiger partial charge in [0.05, 0.1) is 5.02 Å². The third-order valence-electron chi connectivity index (χ3n) is 2.88. The molecule has 0 spiro atoms. The standard InChI is InChI=1S/C14H12Cl3NO2S/c1-9(10-2-4-11(15)5-3-10)18-21(19,20)14-8-12(16)6-7-13(14)17/h2-9,18H,1H3/t9-/m0/s1. The van der Waals surface area contributed by atoms with Crippen LogP contribution in [0.2, 0.25) is 15.1 Å². The molecule has 7 heteroatoms. The highest BCUT2D eigenvalue weighted by Gasteiger charge is 2.21. The molecule has 0 amide bonds. The van der Waals surface area contributed by atoms with E-state index in [1.54, 1.807) is 31.2 Å². The van der Waals surface area contributed by atoms with Crippen LogP contribution in [-0.4, -0.2) is 8.42 Å². The lowest BCUT2D eigenvalue weighted by atomic mass is 10.1. The topological polar surface area (TPSA) is 46.2 Å². The lowest BCUT2D eigenvalue weighted by Crippen LogP contribution is -2.27. The van der Waals surface area contributed by atoms with Gasteiger partial charge >= 0.3 is 0 Å². The van der Waals surface area contributed by atoms with E-state index in [2.05, 4.69) is 4.72 Å². The van der Waals surface area contributed by atoms with Gasteiger partial charge in [-0.15, -0.1) is 0 Å². The van der Waals surface area contributed by atoms with E-state index in [0.717, 1.165) is 5.56 Å². The van der Waals surface area contributed by atoms with Crippen molar-refractivity contribution in [3.05, 3.63) is 63.1 Å². The Balaban J connectivity index is 2.28. The molecular weight excluding hydrogens is 353 g/mol. The number of nitrogens with one attached hydrogen (secondary N) is 1. The van der Waals surface area contributed by atoms with Gasteiger partial charge in [0.2, 0.25) is 10.0 Å². The van der Waals surface area contributed by atoms with Crippen molar-refractivity contribution in [3.63, 3.8) is 0 Å². The first kappa shape index (κ1) is 16.6. The second-order valence-corrected chi connectivity index (χ2v) is 7.43. The van der Waals surface area contributed by atoms with E-state index in [9.17, 15) is 8.42 Å². The molecule has 0 aliphatic rings. The molecular formula is C14H12Cl3NO2S. The molecule has 0 heterocycles. The molecule has 0 aliphatic carbocycles. The molecule has 0 fully saturated rings. The van der Waals surface area contributed by atoms with Gasteiger partial charge in [-0.2, -0.15) is 0 Å². The zero-order chi connectivity index (χ0) is 15.6. The maximum absolute atomic E-state index is 12.4. The van der Waals surface area contributed by atoms with E-state index in [-0.39, 0.29) is 9.92 Å². The summed E-state index contributed by atoms with van der Waals surface area (Å²) in [6, 6.07) is 10.8.